The maximum Gasteiger partial charge on any atom is 0.422 e. The number of sulfone groups is 1. The number of alkyl halides is 3. The van der Waals surface area contributed by atoms with Gasteiger partial charge in [0, 0.05) is 6.54 Å². The highest BCUT2D eigenvalue weighted by molar-refractivity contribution is 7.90. The highest BCUT2D eigenvalue weighted by Gasteiger charge is 2.29. The Bertz CT molecular complexity index is 558. The maximum absolute atomic E-state index is 11.8. The van der Waals surface area contributed by atoms with Gasteiger partial charge in [-0.15, -0.1) is 0 Å². The van der Waals surface area contributed by atoms with E-state index in [0.717, 1.165) is 0 Å². The summed E-state index contributed by atoms with van der Waals surface area (Å²) in [6, 6.07) is 8.41. The number of amides is 1. The zero-order valence-corrected chi connectivity index (χ0v) is 11.7. The predicted octanol–water partition coefficient (Wildman–Crippen LogP) is 1.89. The fraction of sp³-hybridized carbons (Fsp3) is 0.417. The number of hydrogen-bond donors (Lipinski definition) is 1. The molecule has 21 heavy (non-hydrogen) atoms. The number of carbonyl (C=O) groups is 1. The van der Waals surface area contributed by atoms with E-state index >= 15 is 0 Å². The van der Waals surface area contributed by atoms with Gasteiger partial charge in [-0.2, -0.15) is 13.2 Å². The molecule has 1 amide bonds. The van der Waals surface area contributed by atoms with Crippen LogP contribution in [0.1, 0.15) is 5.56 Å². The van der Waals surface area contributed by atoms with Crippen LogP contribution in [0.25, 0.3) is 0 Å². The minimum Gasteiger partial charge on any atom is -0.440 e. The van der Waals surface area contributed by atoms with Gasteiger partial charge < -0.3 is 10.1 Å². The number of rotatable bonds is 6. The number of nitrogens with one attached hydrogen (secondary N) is 1. The van der Waals surface area contributed by atoms with Gasteiger partial charge >= 0.3 is 12.3 Å². The summed E-state index contributed by atoms with van der Waals surface area (Å²) in [4.78, 5) is 10.9. The summed E-state index contributed by atoms with van der Waals surface area (Å²) in [6.45, 7) is -2.03. The Kier molecular flexibility index (Phi) is 6.01. The molecule has 0 aliphatic heterocycles. The molecule has 9 heteroatoms. The van der Waals surface area contributed by atoms with Gasteiger partial charge in [0.2, 0.25) is 0 Å². The lowest BCUT2D eigenvalue weighted by molar-refractivity contribution is -0.160. The highest BCUT2D eigenvalue weighted by atomic mass is 32.2. The summed E-state index contributed by atoms with van der Waals surface area (Å²) in [5.41, 5.74) is 0.595. The quantitative estimate of drug-likeness (QED) is 0.867. The molecular weight excluding hydrogens is 311 g/mol. The summed E-state index contributed by atoms with van der Waals surface area (Å²) in [5.74, 6) is -0.587. The van der Waals surface area contributed by atoms with E-state index in [1.807, 2.05) is 5.32 Å². The third kappa shape index (κ3) is 8.18. The molecule has 118 valence electrons. The summed E-state index contributed by atoms with van der Waals surface area (Å²) in [5, 5.41) is 1.96. The van der Waals surface area contributed by atoms with Crippen molar-refractivity contribution in [1.82, 2.24) is 5.32 Å². The van der Waals surface area contributed by atoms with Gasteiger partial charge in [-0.3, -0.25) is 0 Å². The molecular formula is C12H14F3NO4S. The van der Waals surface area contributed by atoms with E-state index in [4.69, 9.17) is 0 Å². The van der Waals surface area contributed by atoms with Crippen LogP contribution in [0.15, 0.2) is 30.3 Å². The van der Waals surface area contributed by atoms with Gasteiger partial charge in [0.15, 0.2) is 16.4 Å². The third-order valence-corrected chi connectivity index (χ3v) is 3.88. The standard InChI is InChI=1S/C12H14F3NO4S/c13-12(14,15)9-20-11(17)16-6-7-21(18,19)8-10-4-2-1-3-5-10/h1-5H,6-9H2,(H,16,17). The molecule has 0 aromatic heterocycles. The Morgan fingerprint density at radius 1 is 1.19 bits per heavy atom. The summed E-state index contributed by atoms with van der Waals surface area (Å²) in [6.07, 6.45) is -5.92. The minimum atomic E-state index is -4.61. The van der Waals surface area contributed by atoms with Gasteiger partial charge in [-0.1, -0.05) is 30.3 Å². The SMILES string of the molecule is O=C(NCCS(=O)(=O)Cc1ccccc1)OCC(F)(F)F. The molecule has 0 aliphatic rings. The second-order valence-electron chi connectivity index (χ2n) is 4.20. The number of benzene rings is 1. The molecule has 1 rings (SSSR count). The molecule has 1 N–H and O–H groups in total. The van der Waals surface area contributed by atoms with E-state index in [1.165, 1.54) is 0 Å². The topological polar surface area (TPSA) is 72.5 Å². The average molecular weight is 325 g/mol. The molecule has 0 atom stereocenters. The van der Waals surface area contributed by atoms with Gasteiger partial charge in [0.1, 0.15) is 0 Å². The van der Waals surface area contributed by atoms with Crippen LogP contribution >= 0.6 is 0 Å². The number of halogens is 3. The monoisotopic (exact) mass is 325 g/mol. The Labute approximate surface area is 120 Å². The smallest absolute Gasteiger partial charge is 0.422 e. The number of hydrogen-bond acceptors (Lipinski definition) is 4. The van der Waals surface area contributed by atoms with Crippen molar-refractivity contribution in [3.63, 3.8) is 0 Å². The summed E-state index contributed by atoms with van der Waals surface area (Å²) >= 11 is 0. The zero-order valence-electron chi connectivity index (χ0n) is 10.9. The lowest BCUT2D eigenvalue weighted by Crippen LogP contribution is -2.32. The van der Waals surface area contributed by atoms with Crippen LogP contribution in [0.3, 0.4) is 0 Å². The molecule has 0 spiro atoms. The van der Waals surface area contributed by atoms with Crippen LogP contribution in [0.4, 0.5) is 18.0 Å². The number of alkyl carbamates (subject to hydrolysis) is 1. The Hall–Kier alpha value is -1.77. The van der Waals surface area contributed by atoms with Crippen molar-refractivity contribution in [3.05, 3.63) is 35.9 Å². The van der Waals surface area contributed by atoms with Crippen LogP contribution in [-0.4, -0.2) is 39.6 Å². The zero-order chi connectivity index (χ0) is 15.9. The lowest BCUT2D eigenvalue weighted by atomic mass is 10.2. The van der Waals surface area contributed by atoms with Gasteiger partial charge in [0.25, 0.3) is 0 Å². The Morgan fingerprint density at radius 3 is 2.38 bits per heavy atom. The van der Waals surface area contributed by atoms with Crippen LogP contribution in [0, 0.1) is 0 Å². The van der Waals surface area contributed by atoms with Crippen LogP contribution < -0.4 is 5.32 Å². The van der Waals surface area contributed by atoms with E-state index in [9.17, 15) is 26.4 Å². The first-order valence-corrected chi connectivity index (χ1v) is 7.72. The van der Waals surface area contributed by atoms with Gasteiger partial charge in [-0.05, 0) is 5.56 Å². The van der Waals surface area contributed by atoms with Crippen molar-refractivity contribution in [3.8, 4) is 0 Å². The molecule has 0 unspecified atom stereocenters. The van der Waals surface area contributed by atoms with E-state index < -0.39 is 28.7 Å². The van der Waals surface area contributed by atoms with Crippen molar-refractivity contribution in [2.24, 2.45) is 0 Å². The normalized spacial score (nSPS) is 12.0. The molecule has 0 heterocycles. The van der Waals surface area contributed by atoms with Crippen LogP contribution in [0.5, 0.6) is 0 Å². The fourth-order valence-electron chi connectivity index (χ4n) is 1.41. The first-order valence-electron chi connectivity index (χ1n) is 5.90. The fourth-order valence-corrected chi connectivity index (χ4v) is 2.67. The third-order valence-electron chi connectivity index (χ3n) is 2.28. The van der Waals surface area contributed by atoms with E-state index in [0.29, 0.717) is 5.56 Å². The summed E-state index contributed by atoms with van der Waals surface area (Å²) in [7, 11) is -3.47. The largest absolute Gasteiger partial charge is 0.440 e. The van der Waals surface area contributed by atoms with Gasteiger partial charge in [0.05, 0.1) is 11.5 Å². The van der Waals surface area contributed by atoms with E-state index in [-0.39, 0.29) is 18.1 Å². The Morgan fingerprint density at radius 2 is 1.81 bits per heavy atom. The molecule has 0 aliphatic carbocycles. The van der Waals surface area contributed by atoms with E-state index in [2.05, 4.69) is 4.74 Å². The number of ether oxygens (including phenoxy) is 1. The Balaban J connectivity index is 2.32. The molecule has 0 saturated carbocycles. The second-order valence-corrected chi connectivity index (χ2v) is 6.38. The van der Waals surface area contributed by atoms with Crippen molar-refractivity contribution in [2.75, 3.05) is 18.9 Å². The minimum absolute atomic E-state index is 0.201. The number of carbonyl (C=O) groups excluding carboxylic acids is 1. The van der Waals surface area contributed by atoms with Crippen LogP contribution in [0.2, 0.25) is 0 Å². The molecule has 1 aromatic carbocycles. The van der Waals surface area contributed by atoms with Crippen molar-refractivity contribution < 1.29 is 31.1 Å². The molecule has 0 fully saturated rings. The first-order chi connectivity index (χ1) is 9.68. The first kappa shape index (κ1) is 17.3. The van der Waals surface area contributed by atoms with Gasteiger partial charge in [-0.25, -0.2) is 13.2 Å². The van der Waals surface area contributed by atoms with Crippen molar-refractivity contribution in [2.45, 2.75) is 11.9 Å². The van der Waals surface area contributed by atoms with Crippen molar-refractivity contribution in [1.29, 1.82) is 0 Å². The predicted molar refractivity (Wildman–Crippen MR) is 69.3 cm³/mol. The lowest BCUT2D eigenvalue weighted by Gasteiger charge is -2.09. The van der Waals surface area contributed by atoms with Crippen molar-refractivity contribution >= 4 is 15.9 Å². The average Bonchev–Trinajstić information content (AvgIpc) is 2.36. The molecule has 0 bridgehead atoms. The second kappa shape index (κ2) is 7.30. The summed E-state index contributed by atoms with van der Waals surface area (Å²) < 4.78 is 62.6. The maximum atomic E-state index is 11.8. The molecule has 0 radical (unpaired) electrons. The van der Waals surface area contributed by atoms with E-state index in [1.54, 1.807) is 30.3 Å². The van der Waals surface area contributed by atoms with Crippen LogP contribution in [-0.2, 0) is 20.3 Å². The molecule has 0 saturated heterocycles. The molecule has 5 nitrogen and oxygen atoms in total. The highest BCUT2D eigenvalue weighted by Crippen LogP contribution is 2.14. The molecule has 1 aromatic rings.